The summed E-state index contributed by atoms with van der Waals surface area (Å²) < 4.78 is 110. The maximum atomic E-state index is 13.8. The van der Waals surface area contributed by atoms with E-state index in [1.165, 1.54) is 6.07 Å². The molecule has 0 fully saturated rings. The summed E-state index contributed by atoms with van der Waals surface area (Å²) in [7, 11) is -4.52. The third-order valence-electron chi connectivity index (χ3n) is 5.71. The smallest absolute Gasteiger partial charge is 0.403 e. The predicted octanol–water partition coefficient (Wildman–Crippen LogP) is 9.55. The molecule has 0 aliphatic rings. The molecule has 0 spiro atoms. The lowest BCUT2D eigenvalue weighted by atomic mass is 10.1. The number of phosphoric ester groups is 1. The molecule has 14 heteroatoms. The van der Waals surface area contributed by atoms with E-state index in [0.717, 1.165) is 12.1 Å². The Morgan fingerprint density at radius 3 is 1.67 bits per heavy atom. The highest BCUT2D eigenvalue weighted by Crippen LogP contribution is 2.52. The molecular weight excluding hydrogens is 623 g/mol. The Labute approximate surface area is 246 Å². The van der Waals surface area contributed by atoms with Crippen LogP contribution in [-0.4, -0.2) is 5.91 Å². The van der Waals surface area contributed by atoms with Gasteiger partial charge in [0.2, 0.25) is 0 Å². The van der Waals surface area contributed by atoms with Gasteiger partial charge in [0.25, 0.3) is 5.91 Å². The van der Waals surface area contributed by atoms with Crippen LogP contribution in [0, 0.1) is 0 Å². The monoisotopic (exact) mass is 643 g/mol. The van der Waals surface area contributed by atoms with Crippen molar-refractivity contribution in [3.8, 4) is 5.75 Å². The van der Waals surface area contributed by atoms with Gasteiger partial charge in [-0.3, -0.25) is 13.8 Å². The molecule has 4 rings (SSSR count). The molecule has 226 valence electrons. The van der Waals surface area contributed by atoms with Crippen LogP contribution in [0.5, 0.6) is 5.75 Å². The van der Waals surface area contributed by atoms with Crippen LogP contribution in [0.1, 0.15) is 32.6 Å². The quantitative estimate of drug-likeness (QED) is 0.138. The third kappa shape index (κ3) is 9.08. The van der Waals surface area contributed by atoms with Gasteiger partial charge in [-0.05, 0) is 47.5 Å². The van der Waals surface area contributed by atoms with E-state index in [2.05, 4.69) is 0 Å². The van der Waals surface area contributed by atoms with Crippen molar-refractivity contribution in [3.05, 3.63) is 130 Å². The van der Waals surface area contributed by atoms with Crippen LogP contribution in [0.25, 0.3) is 0 Å². The standard InChI is InChI=1S/C29H21ClF6NO5P/c30-23-11-12-26(25(16-23)27(38)37-24-14-21(28(31,32)33)13-22(15-24)29(34,35)36)42-43(39,40-17-19-7-3-1-4-8-19)41-18-20-9-5-2-6-10-20/h1-16H,17-18H2,(H,37,38). The summed E-state index contributed by atoms with van der Waals surface area (Å²) in [4.78, 5) is 13.2. The van der Waals surface area contributed by atoms with Crippen LogP contribution >= 0.6 is 19.4 Å². The zero-order chi connectivity index (χ0) is 31.3. The molecule has 4 aromatic carbocycles. The molecular formula is C29H21ClF6NO5P. The highest BCUT2D eigenvalue weighted by molar-refractivity contribution is 7.48. The first kappa shape index (κ1) is 32.1. The zero-order valence-electron chi connectivity index (χ0n) is 21.8. The van der Waals surface area contributed by atoms with Gasteiger partial charge >= 0.3 is 20.2 Å². The second-order valence-corrected chi connectivity index (χ2v) is 11.0. The molecule has 1 amide bonds. The van der Waals surface area contributed by atoms with E-state index >= 15 is 0 Å². The van der Waals surface area contributed by atoms with Crippen molar-refractivity contribution in [1.82, 2.24) is 0 Å². The van der Waals surface area contributed by atoms with Crippen molar-refractivity contribution in [2.24, 2.45) is 0 Å². The van der Waals surface area contributed by atoms with E-state index in [9.17, 15) is 35.7 Å². The number of carbonyl (C=O) groups is 1. The molecule has 0 bridgehead atoms. The van der Waals surface area contributed by atoms with Crippen LogP contribution in [0.3, 0.4) is 0 Å². The van der Waals surface area contributed by atoms with Crippen molar-refractivity contribution in [3.63, 3.8) is 0 Å². The summed E-state index contributed by atoms with van der Waals surface area (Å²) >= 11 is 6.02. The number of nitrogens with one attached hydrogen (secondary N) is 1. The molecule has 6 nitrogen and oxygen atoms in total. The highest BCUT2D eigenvalue weighted by Gasteiger charge is 2.37. The number of benzene rings is 4. The van der Waals surface area contributed by atoms with Crippen LogP contribution in [0.2, 0.25) is 5.02 Å². The van der Waals surface area contributed by atoms with Gasteiger partial charge in [-0.1, -0.05) is 72.3 Å². The summed E-state index contributed by atoms with van der Waals surface area (Å²) in [5, 5.41) is 1.96. The minimum atomic E-state index is -5.14. The van der Waals surface area contributed by atoms with Crippen LogP contribution in [0.4, 0.5) is 32.0 Å². The molecule has 0 radical (unpaired) electrons. The number of halogens is 7. The fourth-order valence-electron chi connectivity index (χ4n) is 3.65. The van der Waals surface area contributed by atoms with Crippen LogP contribution in [-0.2, 0) is 39.2 Å². The Kier molecular flexibility index (Phi) is 9.86. The molecule has 0 heterocycles. The molecule has 43 heavy (non-hydrogen) atoms. The van der Waals surface area contributed by atoms with Gasteiger partial charge in [0.05, 0.1) is 29.9 Å². The lowest BCUT2D eigenvalue weighted by molar-refractivity contribution is -0.143. The van der Waals surface area contributed by atoms with Gasteiger partial charge in [-0.15, -0.1) is 0 Å². The van der Waals surface area contributed by atoms with Gasteiger partial charge in [-0.2, -0.15) is 26.3 Å². The lowest BCUT2D eigenvalue weighted by Gasteiger charge is -2.21. The van der Waals surface area contributed by atoms with Crippen LogP contribution in [0.15, 0.2) is 97.1 Å². The van der Waals surface area contributed by atoms with Gasteiger partial charge < -0.3 is 9.84 Å². The Morgan fingerprint density at radius 1 is 0.721 bits per heavy atom. The molecule has 4 aromatic rings. The van der Waals surface area contributed by atoms with Gasteiger partial charge in [0, 0.05) is 10.7 Å². The van der Waals surface area contributed by atoms with Gasteiger partial charge in [0.15, 0.2) is 0 Å². The largest absolute Gasteiger partial charge is 0.530 e. The number of anilines is 1. The molecule has 0 atom stereocenters. The predicted molar refractivity (Wildman–Crippen MR) is 147 cm³/mol. The molecule has 0 aliphatic heterocycles. The second kappa shape index (κ2) is 13.2. The molecule has 1 N–H and O–H groups in total. The first-order valence-electron chi connectivity index (χ1n) is 12.3. The maximum absolute atomic E-state index is 13.8. The number of carbonyl (C=O) groups excluding carboxylic acids is 1. The van der Waals surface area contributed by atoms with Gasteiger partial charge in [-0.25, -0.2) is 4.57 Å². The van der Waals surface area contributed by atoms with Crippen molar-refractivity contribution in [2.75, 3.05) is 5.32 Å². The third-order valence-corrected chi connectivity index (χ3v) is 7.25. The summed E-state index contributed by atoms with van der Waals surface area (Å²) in [6, 6.07) is 21.2. The lowest BCUT2D eigenvalue weighted by Crippen LogP contribution is -2.17. The van der Waals surface area contributed by atoms with E-state index in [1.54, 1.807) is 60.7 Å². The molecule has 0 unspecified atom stereocenters. The first-order valence-corrected chi connectivity index (χ1v) is 14.1. The molecule has 0 aliphatic carbocycles. The SMILES string of the molecule is O=C(Nc1cc(C(F)(F)F)cc(C(F)(F)F)c1)c1cc(Cl)ccc1OP(=O)(OCc1ccccc1)OCc1ccccc1. The molecule has 0 saturated carbocycles. The fraction of sp³-hybridized carbons (Fsp3) is 0.138. The summed E-state index contributed by atoms with van der Waals surface area (Å²) in [6.45, 7) is -0.459. The molecule has 0 aromatic heterocycles. The van der Waals surface area contributed by atoms with E-state index in [-0.39, 0.29) is 24.3 Å². The van der Waals surface area contributed by atoms with Crippen molar-refractivity contribution in [1.29, 1.82) is 0 Å². The highest BCUT2D eigenvalue weighted by atomic mass is 35.5. The number of phosphoric acid groups is 1. The Balaban J connectivity index is 1.65. The minimum absolute atomic E-state index is 0.0391. The van der Waals surface area contributed by atoms with E-state index < -0.39 is 54.2 Å². The van der Waals surface area contributed by atoms with Gasteiger partial charge in [0.1, 0.15) is 5.75 Å². The number of alkyl halides is 6. The Hall–Kier alpha value is -3.83. The van der Waals surface area contributed by atoms with Crippen molar-refractivity contribution >= 4 is 31.0 Å². The van der Waals surface area contributed by atoms with E-state index in [1.807, 2.05) is 5.32 Å². The normalized spacial score (nSPS) is 12.2. The fourth-order valence-corrected chi connectivity index (χ4v) is 5.02. The van der Waals surface area contributed by atoms with Crippen molar-refractivity contribution in [2.45, 2.75) is 25.6 Å². The summed E-state index contributed by atoms with van der Waals surface area (Å²) in [5.74, 6) is -1.63. The van der Waals surface area contributed by atoms with Crippen LogP contribution < -0.4 is 9.84 Å². The van der Waals surface area contributed by atoms with E-state index in [0.29, 0.717) is 23.3 Å². The number of hydrogen-bond acceptors (Lipinski definition) is 5. The second-order valence-electron chi connectivity index (χ2n) is 8.95. The zero-order valence-corrected chi connectivity index (χ0v) is 23.4. The summed E-state index contributed by atoms with van der Waals surface area (Å²) in [5.41, 5.74) is -3.32. The number of rotatable bonds is 10. The minimum Gasteiger partial charge on any atom is -0.403 e. The number of hydrogen-bond donors (Lipinski definition) is 1. The first-order chi connectivity index (χ1) is 20.2. The van der Waals surface area contributed by atoms with E-state index in [4.69, 9.17) is 25.2 Å². The maximum Gasteiger partial charge on any atom is 0.530 e. The average molecular weight is 644 g/mol. The average Bonchev–Trinajstić information content (AvgIpc) is 2.96. The Bertz CT molecular complexity index is 1540. The summed E-state index contributed by atoms with van der Waals surface area (Å²) in [6.07, 6.45) is -10.3. The van der Waals surface area contributed by atoms with Crippen molar-refractivity contribution < 1.29 is 49.3 Å². The topological polar surface area (TPSA) is 73.9 Å². The Morgan fingerprint density at radius 2 is 1.21 bits per heavy atom. The number of amides is 1. The molecule has 0 saturated heterocycles.